The van der Waals surface area contributed by atoms with Gasteiger partial charge in [-0.05, 0) is 29.8 Å². The molecule has 1 N–H and O–H groups in total. The number of aromatic amines is 1. The van der Waals surface area contributed by atoms with Gasteiger partial charge in [-0.1, -0.05) is 18.2 Å². The van der Waals surface area contributed by atoms with Crippen LogP contribution in [0.25, 0.3) is 0 Å². The minimum atomic E-state index is -4.39. The summed E-state index contributed by atoms with van der Waals surface area (Å²) >= 11 is 5.77. The molecular formula is C10H7F3N2OS2. The van der Waals surface area contributed by atoms with Gasteiger partial charge in [-0.25, -0.2) is 0 Å². The fourth-order valence-corrected chi connectivity index (χ4v) is 2.08. The molecule has 18 heavy (non-hydrogen) atoms. The molecule has 0 saturated carbocycles. The molecule has 0 amide bonds. The molecule has 0 fully saturated rings. The maximum Gasteiger partial charge on any atom is 0.416 e. The topological polar surface area (TPSA) is 37.9 Å². The number of hydrogen-bond acceptors (Lipinski definition) is 4. The number of halogens is 3. The third-order valence-electron chi connectivity index (χ3n) is 2.09. The molecule has 0 aliphatic rings. The Bertz CT molecular complexity index is 591. The smallest absolute Gasteiger partial charge is 0.416 e. The largest absolute Gasteiger partial charge is 0.464 e. The lowest BCUT2D eigenvalue weighted by Crippen LogP contribution is -2.10. The summed E-state index contributed by atoms with van der Waals surface area (Å²) in [5.41, 5.74) is -0.643. The van der Waals surface area contributed by atoms with E-state index in [9.17, 15) is 13.2 Å². The summed E-state index contributed by atoms with van der Waals surface area (Å²) in [6.45, 7) is -0.203. The van der Waals surface area contributed by atoms with Gasteiger partial charge in [0.2, 0.25) is 4.77 Å². The van der Waals surface area contributed by atoms with Crippen LogP contribution in [0.3, 0.4) is 0 Å². The first-order chi connectivity index (χ1) is 8.47. The number of H-pyrrole nitrogens is 1. The Morgan fingerprint density at radius 2 is 2.06 bits per heavy atom. The molecular weight excluding hydrogens is 285 g/mol. The van der Waals surface area contributed by atoms with E-state index in [1.807, 2.05) is 0 Å². The van der Waals surface area contributed by atoms with Crippen molar-refractivity contribution in [2.75, 3.05) is 0 Å². The number of nitrogens with one attached hydrogen (secondary N) is 1. The molecule has 0 aliphatic heterocycles. The van der Waals surface area contributed by atoms with Crippen molar-refractivity contribution >= 4 is 23.8 Å². The van der Waals surface area contributed by atoms with Crippen molar-refractivity contribution in [2.45, 2.75) is 12.8 Å². The molecule has 1 aromatic carbocycles. The van der Waals surface area contributed by atoms with E-state index < -0.39 is 11.7 Å². The molecule has 0 bridgehead atoms. The summed E-state index contributed by atoms with van der Waals surface area (Å²) in [6, 6.07) is 5.26. The summed E-state index contributed by atoms with van der Waals surface area (Å²) in [6.07, 6.45) is -4.39. The van der Waals surface area contributed by atoms with Crippen molar-refractivity contribution in [3.8, 4) is 5.19 Å². The molecule has 1 aromatic heterocycles. The second-order valence-electron chi connectivity index (χ2n) is 3.33. The molecule has 1 heterocycles. The lowest BCUT2D eigenvalue weighted by Gasteiger charge is -2.12. The molecule has 0 radical (unpaired) electrons. The van der Waals surface area contributed by atoms with Gasteiger partial charge in [0.15, 0.2) is 0 Å². The molecule has 3 nitrogen and oxygen atoms in total. The van der Waals surface area contributed by atoms with Gasteiger partial charge in [0.25, 0.3) is 5.19 Å². The van der Waals surface area contributed by atoms with Crippen LogP contribution in [0.2, 0.25) is 0 Å². The summed E-state index contributed by atoms with van der Waals surface area (Å²) < 4.78 is 46.1. The highest BCUT2D eigenvalue weighted by Gasteiger charge is 2.32. The normalized spacial score (nSPS) is 11.5. The van der Waals surface area contributed by atoms with E-state index in [0.29, 0.717) is 0 Å². The van der Waals surface area contributed by atoms with E-state index in [1.54, 1.807) is 0 Å². The fraction of sp³-hybridized carbons (Fsp3) is 0.200. The van der Waals surface area contributed by atoms with Crippen LogP contribution >= 0.6 is 23.8 Å². The molecule has 96 valence electrons. The Morgan fingerprint density at radius 1 is 1.33 bits per heavy atom. The van der Waals surface area contributed by atoms with Crippen molar-refractivity contribution in [1.82, 2.24) is 9.36 Å². The second-order valence-corrected chi connectivity index (χ2v) is 4.47. The Hall–Kier alpha value is -1.41. The number of aromatic nitrogens is 2. The third kappa shape index (κ3) is 3.08. The van der Waals surface area contributed by atoms with Crippen LogP contribution in [0.5, 0.6) is 5.19 Å². The van der Waals surface area contributed by atoms with E-state index in [-0.39, 0.29) is 22.1 Å². The van der Waals surface area contributed by atoms with E-state index in [4.69, 9.17) is 17.0 Å². The molecule has 8 heteroatoms. The van der Waals surface area contributed by atoms with Gasteiger partial charge in [0, 0.05) is 5.56 Å². The molecule has 0 aliphatic carbocycles. The van der Waals surface area contributed by atoms with Crippen LogP contribution in [0.15, 0.2) is 24.3 Å². The van der Waals surface area contributed by atoms with Crippen LogP contribution in [0.4, 0.5) is 13.2 Å². The van der Waals surface area contributed by atoms with Crippen molar-refractivity contribution in [2.24, 2.45) is 0 Å². The summed E-state index contributed by atoms with van der Waals surface area (Å²) in [4.78, 5) is 3.79. The van der Waals surface area contributed by atoms with Gasteiger partial charge in [-0.3, -0.25) is 4.37 Å². The third-order valence-corrected chi connectivity index (χ3v) is 3.09. The number of rotatable bonds is 3. The first kappa shape index (κ1) is 13.0. The zero-order chi connectivity index (χ0) is 13.2. The van der Waals surface area contributed by atoms with Crippen molar-refractivity contribution < 1.29 is 17.9 Å². The van der Waals surface area contributed by atoms with Crippen LogP contribution in [-0.4, -0.2) is 9.36 Å². The first-order valence-electron chi connectivity index (χ1n) is 4.80. The van der Waals surface area contributed by atoms with E-state index in [2.05, 4.69) is 9.36 Å². The van der Waals surface area contributed by atoms with E-state index in [1.165, 1.54) is 18.2 Å². The van der Waals surface area contributed by atoms with Gasteiger partial charge in [-0.2, -0.15) is 18.2 Å². The summed E-state index contributed by atoms with van der Waals surface area (Å²) in [5.74, 6) is 0. The highest BCUT2D eigenvalue weighted by molar-refractivity contribution is 7.71. The Morgan fingerprint density at radius 3 is 2.67 bits per heavy atom. The molecule has 2 aromatic rings. The van der Waals surface area contributed by atoms with Crippen molar-refractivity contribution in [3.63, 3.8) is 0 Å². The lowest BCUT2D eigenvalue weighted by atomic mass is 10.1. The maximum absolute atomic E-state index is 12.7. The Labute approximate surface area is 109 Å². The molecule has 0 spiro atoms. The zero-order valence-corrected chi connectivity index (χ0v) is 10.5. The lowest BCUT2D eigenvalue weighted by molar-refractivity contribution is -0.138. The Balaban J connectivity index is 2.17. The highest BCUT2D eigenvalue weighted by atomic mass is 32.1. The average molecular weight is 292 g/mol. The number of benzene rings is 1. The Kier molecular flexibility index (Phi) is 3.67. The number of hydrogen-bond donors (Lipinski definition) is 1. The van der Waals surface area contributed by atoms with Gasteiger partial charge < -0.3 is 4.74 Å². The summed E-state index contributed by atoms with van der Waals surface area (Å²) in [7, 11) is 0. The van der Waals surface area contributed by atoms with Gasteiger partial charge in [0.1, 0.15) is 6.61 Å². The quantitative estimate of drug-likeness (QED) is 0.874. The predicted molar refractivity (Wildman–Crippen MR) is 63.1 cm³/mol. The van der Waals surface area contributed by atoms with Crippen LogP contribution in [0.1, 0.15) is 11.1 Å². The predicted octanol–water partition coefficient (Wildman–Crippen LogP) is 3.80. The van der Waals surface area contributed by atoms with E-state index >= 15 is 0 Å². The number of nitrogens with zero attached hydrogens (tertiary/aromatic N) is 1. The fourth-order valence-electron chi connectivity index (χ4n) is 1.34. The van der Waals surface area contributed by atoms with Crippen molar-refractivity contribution in [1.29, 1.82) is 0 Å². The average Bonchev–Trinajstić information content (AvgIpc) is 2.72. The number of alkyl halides is 3. The van der Waals surface area contributed by atoms with Gasteiger partial charge >= 0.3 is 6.18 Å². The van der Waals surface area contributed by atoms with E-state index in [0.717, 1.165) is 17.6 Å². The monoisotopic (exact) mass is 292 g/mol. The second kappa shape index (κ2) is 5.07. The summed E-state index contributed by atoms with van der Waals surface area (Å²) in [5, 5.41) is 0.219. The minimum Gasteiger partial charge on any atom is -0.464 e. The maximum atomic E-state index is 12.7. The number of ether oxygens (including phenoxy) is 1. The van der Waals surface area contributed by atoms with Crippen LogP contribution in [-0.2, 0) is 12.8 Å². The molecule has 2 rings (SSSR count). The van der Waals surface area contributed by atoms with Crippen LogP contribution < -0.4 is 4.74 Å². The standard InChI is InChI=1S/C10H7F3N2OS2/c11-10(12,13)7-4-2-1-3-6(7)5-16-9-14-8(17)15-18-9/h1-4H,5H2,(H,15,17). The minimum absolute atomic E-state index is 0.0612. The highest BCUT2D eigenvalue weighted by Crippen LogP contribution is 2.32. The van der Waals surface area contributed by atoms with Gasteiger partial charge in [-0.15, -0.1) is 0 Å². The van der Waals surface area contributed by atoms with Crippen molar-refractivity contribution in [3.05, 3.63) is 40.2 Å². The van der Waals surface area contributed by atoms with Crippen LogP contribution in [0, 0.1) is 4.77 Å². The zero-order valence-electron chi connectivity index (χ0n) is 8.82. The molecule has 0 saturated heterocycles. The SMILES string of the molecule is FC(F)(F)c1ccccc1COc1nc(=S)[nH]s1. The van der Waals surface area contributed by atoms with Gasteiger partial charge in [0.05, 0.1) is 5.56 Å². The first-order valence-corrected chi connectivity index (χ1v) is 6.02. The molecule has 0 unspecified atom stereocenters. The molecule has 0 atom stereocenters.